The van der Waals surface area contributed by atoms with E-state index in [2.05, 4.69) is 37.7 Å². The summed E-state index contributed by atoms with van der Waals surface area (Å²) in [5.74, 6) is 0. The molecular weight excluding hydrogens is 286 g/mol. The van der Waals surface area contributed by atoms with Gasteiger partial charge in [-0.2, -0.15) is 0 Å². The Morgan fingerprint density at radius 1 is 1.29 bits per heavy atom. The first-order valence-corrected chi connectivity index (χ1v) is 9.09. The fraction of sp³-hybridized carbons (Fsp3) is 0.733. The van der Waals surface area contributed by atoms with Gasteiger partial charge in [-0.05, 0) is 39.7 Å². The number of rotatable bonds is 7. The third-order valence-corrected chi connectivity index (χ3v) is 5.45. The zero-order chi connectivity index (χ0) is 15.8. The van der Waals surface area contributed by atoms with Crippen molar-refractivity contribution < 1.29 is 8.42 Å². The largest absolute Gasteiger partial charge is 0.346 e. The van der Waals surface area contributed by atoms with Crippen molar-refractivity contribution in [2.24, 2.45) is 0 Å². The van der Waals surface area contributed by atoms with Crippen molar-refractivity contribution in [2.75, 3.05) is 0 Å². The van der Waals surface area contributed by atoms with Crippen molar-refractivity contribution in [1.29, 1.82) is 0 Å². The normalized spacial score (nSPS) is 17.7. The fourth-order valence-electron chi connectivity index (χ4n) is 2.25. The van der Waals surface area contributed by atoms with Gasteiger partial charge in [0.25, 0.3) is 0 Å². The summed E-state index contributed by atoms with van der Waals surface area (Å²) < 4.78 is 29.8. The SMILES string of the molecule is CC(C)NCc1cc(S(=O)(=O)NC2(C)CC2)cn1C(C)C. The molecule has 1 fully saturated rings. The summed E-state index contributed by atoms with van der Waals surface area (Å²) in [4.78, 5) is 0.366. The van der Waals surface area contributed by atoms with Crippen LogP contribution in [-0.4, -0.2) is 24.6 Å². The topological polar surface area (TPSA) is 63.1 Å². The van der Waals surface area contributed by atoms with Gasteiger partial charge in [-0.15, -0.1) is 0 Å². The lowest BCUT2D eigenvalue weighted by molar-refractivity contribution is 0.524. The summed E-state index contributed by atoms with van der Waals surface area (Å²) in [6, 6.07) is 2.38. The molecule has 1 heterocycles. The van der Waals surface area contributed by atoms with E-state index in [4.69, 9.17) is 0 Å². The van der Waals surface area contributed by atoms with Crippen LogP contribution in [0.25, 0.3) is 0 Å². The molecule has 6 heteroatoms. The van der Waals surface area contributed by atoms with Crippen LogP contribution < -0.4 is 10.0 Å². The third-order valence-electron chi connectivity index (χ3n) is 3.85. The molecule has 2 N–H and O–H groups in total. The Kier molecular flexibility index (Phi) is 4.52. The van der Waals surface area contributed by atoms with E-state index in [0.717, 1.165) is 18.5 Å². The summed E-state index contributed by atoms with van der Waals surface area (Å²) in [5, 5.41) is 3.35. The van der Waals surface area contributed by atoms with Crippen LogP contribution in [0.5, 0.6) is 0 Å². The van der Waals surface area contributed by atoms with E-state index in [9.17, 15) is 8.42 Å². The number of aromatic nitrogens is 1. The number of hydrogen-bond acceptors (Lipinski definition) is 3. The Bertz CT molecular complexity index is 598. The molecule has 0 aromatic carbocycles. The molecule has 1 aromatic heterocycles. The standard InChI is InChI=1S/C15H27N3O2S/c1-11(2)16-9-13-8-14(10-18(13)12(3)4)21(19,20)17-15(5)6-7-15/h8,10-12,16-17H,6-7,9H2,1-5H3. The summed E-state index contributed by atoms with van der Waals surface area (Å²) in [5.41, 5.74) is 0.759. The van der Waals surface area contributed by atoms with Gasteiger partial charge in [0, 0.05) is 36.1 Å². The predicted octanol–water partition coefficient (Wildman–Crippen LogP) is 2.40. The highest BCUT2D eigenvalue weighted by molar-refractivity contribution is 7.89. The average molecular weight is 313 g/mol. The molecular formula is C15H27N3O2S. The predicted molar refractivity (Wildman–Crippen MR) is 84.8 cm³/mol. The van der Waals surface area contributed by atoms with Crippen molar-refractivity contribution in [3.05, 3.63) is 18.0 Å². The summed E-state index contributed by atoms with van der Waals surface area (Å²) in [6.07, 6.45) is 3.58. The Morgan fingerprint density at radius 2 is 1.90 bits per heavy atom. The first-order chi connectivity index (χ1) is 9.63. The maximum atomic E-state index is 12.5. The number of hydrogen-bond donors (Lipinski definition) is 2. The maximum Gasteiger partial charge on any atom is 0.242 e. The highest BCUT2D eigenvalue weighted by Gasteiger charge is 2.41. The Labute approximate surface area is 128 Å². The summed E-state index contributed by atoms with van der Waals surface area (Å²) >= 11 is 0. The molecule has 0 saturated heterocycles. The van der Waals surface area contributed by atoms with Crippen LogP contribution in [0.15, 0.2) is 17.2 Å². The molecule has 1 aromatic rings. The zero-order valence-electron chi connectivity index (χ0n) is 13.6. The molecule has 0 atom stereocenters. The number of nitrogens with zero attached hydrogens (tertiary/aromatic N) is 1. The number of sulfonamides is 1. The van der Waals surface area contributed by atoms with Crippen LogP contribution in [0, 0.1) is 0 Å². The molecule has 0 spiro atoms. The van der Waals surface area contributed by atoms with E-state index in [1.54, 1.807) is 12.3 Å². The summed E-state index contributed by atoms with van der Waals surface area (Å²) in [7, 11) is -3.43. The minimum atomic E-state index is -3.43. The maximum absolute atomic E-state index is 12.5. The lowest BCUT2D eigenvalue weighted by Gasteiger charge is -2.14. The van der Waals surface area contributed by atoms with Gasteiger partial charge in [-0.3, -0.25) is 0 Å². The molecule has 2 rings (SSSR count). The molecule has 0 unspecified atom stereocenters. The van der Waals surface area contributed by atoms with E-state index in [0.29, 0.717) is 17.5 Å². The van der Waals surface area contributed by atoms with Gasteiger partial charge in [0.15, 0.2) is 0 Å². The van der Waals surface area contributed by atoms with E-state index in [-0.39, 0.29) is 11.6 Å². The smallest absolute Gasteiger partial charge is 0.242 e. The lowest BCUT2D eigenvalue weighted by Crippen LogP contribution is -2.34. The van der Waals surface area contributed by atoms with E-state index in [1.165, 1.54) is 0 Å². The van der Waals surface area contributed by atoms with Gasteiger partial charge in [0.05, 0.1) is 4.90 Å². The second kappa shape index (κ2) is 5.74. The van der Waals surface area contributed by atoms with Crippen LogP contribution in [-0.2, 0) is 16.6 Å². The molecule has 0 bridgehead atoms. The van der Waals surface area contributed by atoms with Gasteiger partial charge in [-0.25, -0.2) is 13.1 Å². The molecule has 0 radical (unpaired) electrons. The molecule has 21 heavy (non-hydrogen) atoms. The lowest BCUT2D eigenvalue weighted by atomic mass is 10.3. The van der Waals surface area contributed by atoms with E-state index < -0.39 is 10.0 Å². The van der Waals surface area contributed by atoms with E-state index in [1.807, 2.05) is 11.5 Å². The molecule has 0 amide bonds. The van der Waals surface area contributed by atoms with Gasteiger partial charge in [-0.1, -0.05) is 13.8 Å². The second-order valence-electron chi connectivity index (χ2n) is 6.87. The quantitative estimate of drug-likeness (QED) is 0.812. The average Bonchev–Trinajstić information content (AvgIpc) is 2.91. The first-order valence-electron chi connectivity index (χ1n) is 7.61. The van der Waals surface area contributed by atoms with E-state index >= 15 is 0 Å². The second-order valence-corrected chi connectivity index (χ2v) is 8.55. The monoisotopic (exact) mass is 313 g/mol. The molecule has 1 saturated carbocycles. The molecule has 0 aliphatic heterocycles. The van der Waals surface area contributed by atoms with Crippen molar-refractivity contribution in [3.63, 3.8) is 0 Å². The molecule has 1 aliphatic carbocycles. The van der Waals surface area contributed by atoms with Crippen molar-refractivity contribution in [2.45, 2.75) is 76.5 Å². The molecule has 1 aliphatic rings. The summed E-state index contributed by atoms with van der Waals surface area (Å²) in [6.45, 7) is 10.9. The van der Waals surface area contributed by atoms with Crippen LogP contribution in [0.2, 0.25) is 0 Å². The Hall–Kier alpha value is -0.850. The Balaban J connectivity index is 2.25. The van der Waals surface area contributed by atoms with Crippen LogP contribution >= 0.6 is 0 Å². The minimum Gasteiger partial charge on any atom is -0.346 e. The first kappa shape index (κ1) is 16.5. The minimum absolute atomic E-state index is 0.231. The zero-order valence-corrected chi connectivity index (χ0v) is 14.4. The van der Waals surface area contributed by atoms with Gasteiger partial charge in [0.2, 0.25) is 10.0 Å². The van der Waals surface area contributed by atoms with Crippen LogP contribution in [0.4, 0.5) is 0 Å². The fourth-order valence-corrected chi connectivity index (χ4v) is 3.76. The highest BCUT2D eigenvalue weighted by atomic mass is 32.2. The van der Waals surface area contributed by atoms with Crippen molar-refractivity contribution >= 4 is 10.0 Å². The third kappa shape index (κ3) is 4.08. The van der Waals surface area contributed by atoms with Gasteiger partial charge < -0.3 is 9.88 Å². The highest BCUT2D eigenvalue weighted by Crippen LogP contribution is 2.36. The van der Waals surface area contributed by atoms with Gasteiger partial charge in [0.1, 0.15) is 0 Å². The van der Waals surface area contributed by atoms with Crippen LogP contribution in [0.3, 0.4) is 0 Å². The van der Waals surface area contributed by atoms with Crippen molar-refractivity contribution in [1.82, 2.24) is 14.6 Å². The number of nitrogens with one attached hydrogen (secondary N) is 2. The molecule has 120 valence electrons. The van der Waals surface area contributed by atoms with Crippen molar-refractivity contribution in [3.8, 4) is 0 Å². The Morgan fingerprint density at radius 3 is 2.38 bits per heavy atom. The van der Waals surface area contributed by atoms with Gasteiger partial charge >= 0.3 is 0 Å². The van der Waals surface area contributed by atoms with Crippen LogP contribution in [0.1, 0.15) is 59.2 Å². The molecule has 5 nitrogen and oxygen atoms in total.